The summed E-state index contributed by atoms with van der Waals surface area (Å²) in [6.07, 6.45) is 8.54. The van der Waals surface area contributed by atoms with Crippen LogP contribution in [0.3, 0.4) is 0 Å². The number of aromatic amines is 1. The quantitative estimate of drug-likeness (QED) is 0.269. The summed E-state index contributed by atoms with van der Waals surface area (Å²) in [7, 11) is 0. The SMILES string of the molecule is C/C=C\C(=O)N[C@H]1CCCN(Cc2ccnc(C(=O)Nc3ccc(-c4cc5c(N6CCOCC6)ncnc5[nH]4)cc3)c2)C1. The third kappa shape index (κ3) is 6.90. The van der Waals surface area contributed by atoms with E-state index in [-0.39, 0.29) is 17.9 Å². The van der Waals surface area contributed by atoms with Crippen LogP contribution in [0.1, 0.15) is 35.8 Å². The number of amides is 2. The van der Waals surface area contributed by atoms with E-state index in [4.69, 9.17) is 4.74 Å². The molecule has 1 aromatic carbocycles. The van der Waals surface area contributed by atoms with E-state index < -0.39 is 0 Å². The molecule has 222 valence electrons. The van der Waals surface area contributed by atoms with E-state index in [1.54, 1.807) is 24.7 Å². The number of carbonyl (C=O) groups excluding carboxylic acids is 2. The van der Waals surface area contributed by atoms with Gasteiger partial charge < -0.3 is 25.3 Å². The standard InChI is InChI=1S/C32H36N8O3/c1-2-4-29(41)36-25-5-3-12-39(20-25)19-22-10-11-33-28(17-22)32(42)37-24-8-6-23(7-9-24)27-18-26-30(38-27)34-21-35-31(26)40-13-15-43-16-14-40/h2,4,6-11,17-18,21,25H,3,5,12-16,19-20H2,1H3,(H,36,41)(H,37,42)(H,34,35,38)/b4-2-/t25-/m0/s1. The number of allylic oxidation sites excluding steroid dienone is 1. The molecule has 11 nitrogen and oxygen atoms in total. The minimum Gasteiger partial charge on any atom is -0.378 e. The molecule has 0 radical (unpaired) electrons. The molecule has 4 aromatic rings. The van der Waals surface area contributed by atoms with Gasteiger partial charge in [0.15, 0.2) is 0 Å². The Morgan fingerprint density at radius 3 is 2.72 bits per heavy atom. The molecule has 3 N–H and O–H groups in total. The van der Waals surface area contributed by atoms with Crippen LogP contribution in [0.25, 0.3) is 22.3 Å². The van der Waals surface area contributed by atoms with Crippen LogP contribution in [-0.4, -0.2) is 82.1 Å². The van der Waals surface area contributed by atoms with Crippen LogP contribution in [0, 0.1) is 0 Å². The van der Waals surface area contributed by atoms with E-state index in [2.05, 4.69) is 46.4 Å². The number of benzene rings is 1. The molecule has 0 spiro atoms. The predicted molar refractivity (Wildman–Crippen MR) is 166 cm³/mol. The van der Waals surface area contributed by atoms with E-state index >= 15 is 0 Å². The van der Waals surface area contributed by atoms with Crippen molar-refractivity contribution in [2.75, 3.05) is 49.6 Å². The third-order valence-electron chi connectivity index (χ3n) is 7.80. The van der Waals surface area contributed by atoms with E-state index in [1.807, 2.05) is 43.3 Å². The minimum atomic E-state index is -0.263. The number of ether oxygens (including phenoxy) is 1. The number of rotatable bonds is 8. The van der Waals surface area contributed by atoms with Crippen molar-refractivity contribution in [3.63, 3.8) is 0 Å². The van der Waals surface area contributed by atoms with Gasteiger partial charge in [-0.1, -0.05) is 18.2 Å². The second-order valence-electron chi connectivity index (χ2n) is 10.9. The molecule has 5 heterocycles. The van der Waals surface area contributed by atoms with Crippen molar-refractivity contribution in [1.82, 2.24) is 30.2 Å². The zero-order valence-electron chi connectivity index (χ0n) is 24.3. The Kier molecular flexibility index (Phi) is 8.71. The van der Waals surface area contributed by atoms with E-state index in [0.29, 0.717) is 31.1 Å². The summed E-state index contributed by atoms with van der Waals surface area (Å²) < 4.78 is 5.49. The Labute approximate surface area is 250 Å². The average molecular weight is 581 g/mol. The van der Waals surface area contributed by atoms with Gasteiger partial charge in [-0.15, -0.1) is 0 Å². The summed E-state index contributed by atoms with van der Waals surface area (Å²) in [5.74, 6) is 0.588. The molecule has 3 aromatic heterocycles. The van der Waals surface area contributed by atoms with Gasteiger partial charge >= 0.3 is 0 Å². The first-order chi connectivity index (χ1) is 21.1. The number of morpholine rings is 1. The highest BCUT2D eigenvalue weighted by Crippen LogP contribution is 2.29. The molecule has 1 atom stereocenters. The molecule has 2 amide bonds. The number of likely N-dealkylation sites (tertiary alicyclic amines) is 1. The van der Waals surface area contributed by atoms with Gasteiger partial charge in [-0.3, -0.25) is 19.5 Å². The number of H-pyrrole nitrogens is 1. The third-order valence-corrected chi connectivity index (χ3v) is 7.80. The van der Waals surface area contributed by atoms with Crippen LogP contribution >= 0.6 is 0 Å². The number of hydrogen-bond donors (Lipinski definition) is 3. The first kappa shape index (κ1) is 28.5. The molecule has 2 aliphatic rings. The monoisotopic (exact) mass is 580 g/mol. The topological polar surface area (TPSA) is 128 Å². The van der Waals surface area contributed by atoms with Gasteiger partial charge in [-0.2, -0.15) is 0 Å². The molecule has 0 saturated carbocycles. The Bertz CT molecular complexity index is 1610. The second kappa shape index (κ2) is 13.1. The van der Waals surface area contributed by atoms with Gasteiger partial charge in [-0.05, 0) is 73.8 Å². The van der Waals surface area contributed by atoms with Gasteiger partial charge in [0.05, 0.1) is 18.6 Å². The van der Waals surface area contributed by atoms with Crippen molar-refractivity contribution >= 4 is 34.4 Å². The number of pyridine rings is 1. The Hall–Kier alpha value is -4.61. The van der Waals surface area contributed by atoms with Gasteiger partial charge in [-0.25, -0.2) is 9.97 Å². The number of aromatic nitrogens is 4. The number of anilines is 2. The molecular weight excluding hydrogens is 544 g/mol. The Morgan fingerprint density at radius 2 is 1.91 bits per heavy atom. The van der Waals surface area contributed by atoms with Crippen LogP contribution in [0.15, 0.2) is 67.1 Å². The fraction of sp³-hybridized carbons (Fsp3) is 0.344. The van der Waals surface area contributed by atoms with Crippen LogP contribution in [-0.2, 0) is 16.1 Å². The van der Waals surface area contributed by atoms with Crippen LogP contribution < -0.4 is 15.5 Å². The summed E-state index contributed by atoms with van der Waals surface area (Å²) in [6.45, 7) is 7.22. The van der Waals surface area contributed by atoms with E-state index in [0.717, 1.165) is 72.7 Å². The first-order valence-corrected chi connectivity index (χ1v) is 14.7. The Balaban J connectivity index is 1.09. The molecule has 0 aliphatic carbocycles. The zero-order chi connectivity index (χ0) is 29.6. The molecular formula is C32H36N8O3. The van der Waals surface area contributed by atoms with Crippen molar-refractivity contribution in [3.05, 3.63) is 78.4 Å². The highest BCUT2D eigenvalue weighted by molar-refractivity contribution is 6.03. The maximum Gasteiger partial charge on any atom is 0.274 e. The largest absolute Gasteiger partial charge is 0.378 e. The lowest BCUT2D eigenvalue weighted by Gasteiger charge is -2.33. The van der Waals surface area contributed by atoms with Gasteiger partial charge in [0.1, 0.15) is 23.5 Å². The summed E-state index contributed by atoms with van der Waals surface area (Å²) in [5.41, 5.74) is 4.75. The highest BCUT2D eigenvalue weighted by Gasteiger charge is 2.22. The number of nitrogens with zero attached hydrogens (tertiary/aromatic N) is 5. The van der Waals surface area contributed by atoms with Crippen molar-refractivity contribution in [1.29, 1.82) is 0 Å². The number of fused-ring (bicyclic) bond motifs is 1. The normalized spacial score (nSPS) is 17.8. The smallest absolute Gasteiger partial charge is 0.274 e. The van der Waals surface area contributed by atoms with E-state index in [9.17, 15) is 9.59 Å². The summed E-state index contributed by atoms with van der Waals surface area (Å²) in [4.78, 5) is 46.2. The fourth-order valence-electron chi connectivity index (χ4n) is 5.71. The molecule has 11 heteroatoms. The number of piperidine rings is 1. The maximum atomic E-state index is 13.1. The summed E-state index contributed by atoms with van der Waals surface area (Å²) in [5, 5.41) is 7.01. The van der Waals surface area contributed by atoms with Crippen molar-refractivity contribution in [2.45, 2.75) is 32.4 Å². The number of carbonyl (C=O) groups is 2. The second-order valence-corrected chi connectivity index (χ2v) is 10.9. The summed E-state index contributed by atoms with van der Waals surface area (Å²) in [6, 6.07) is 13.7. The predicted octanol–water partition coefficient (Wildman–Crippen LogP) is 3.77. The average Bonchev–Trinajstić information content (AvgIpc) is 3.47. The van der Waals surface area contributed by atoms with Gasteiger partial charge in [0.25, 0.3) is 5.91 Å². The van der Waals surface area contributed by atoms with Crippen LogP contribution in [0.4, 0.5) is 11.5 Å². The van der Waals surface area contributed by atoms with Crippen LogP contribution in [0.2, 0.25) is 0 Å². The van der Waals surface area contributed by atoms with E-state index in [1.165, 1.54) is 0 Å². The molecule has 0 unspecified atom stereocenters. The molecule has 0 bridgehead atoms. The summed E-state index contributed by atoms with van der Waals surface area (Å²) >= 11 is 0. The molecule has 6 rings (SSSR count). The Morgan fingerprint density at radius 1 is 1.07 bits per heavy atom. The molecule has 2 fully saturated rings. The number of nitrogens with one attached hydrogen (secondary N) is 3. The fourth-order valence-corrected chi connectivity index (χ4v) is 5.71. The van der Waals surface area contributed by atoms with Crippen molar-refractivity contribution < 1.29 is 14.3 Å². The lowest BCUT2D eigenvalue weighted by Crippen LogP contribution is -2.47. The molecule has 2 saturated heterocycles. The minimum absolute atomic E-state index is 0.0567. The highest BCUT2D eigenvalue weighted by atomic mass is 16.5. The van der Waals surface area contributed by atoms with Crippen molar-refractivity contribution in [2.24, 2.45) is 0 Å². The first-order valence-electron chi connectivity index (χ1n) is 14.7. The molecule has 43 heavy (non-hydrogen) atoms. The lowest BCUT2D eigenvalue weighted by atomic mass is 10.0. The van der Waals surface area contributed by atoms with Gasteiger partial charge in [0.2, 0.25) is 5.91 Å². The maximum absolute atomic E-state index is 13.1. The number of hydrogen-bond acceptors (Lipinski definition) is 8. The molecule has 2 aliphatic heterocycles. The lowest BCUT2D eigenvalue weighted by molar-refractivity contribution is -0.117. The van der Waals surface area contributed by atoms with Gasteiger partial charge in [0, 0.05) is 49.8 Å². The van der Waals surface area contributed by atoms with Crippen LogP contribution in [0.5, 0.6) is 0 Å². The zero-order valence-corrected chi connectivity index (χ0v) is 24.3. The van der Waals surface area contributed by atoms with Crippen molar-refractivity contribution in [3.8, 4) is 11.3 Å².